The zero-order chi connectivity index (χ0) is 35.7. The molecule has 1 aromatic carbocycles. The van der Waals surface area contributed by atoms with E-state index >= 15 is 0 Å². The van der Waals surface area contributed by atoms with E-state index in [-0.39, 0.29) is 39.8 Å². The van der Waals surface area contributed by atoms with Gasteiger partial charge in [-0.15, -0.1) is 0 Å². The highest BCUT2D eigenvalue weighted by atomic mass is 16.5. The Labute approximate surface area is 291 Å². The van der Waals surface area contributed by atoms with Crippen molar-refractivity contribution in [2.24, 2.45) is 34.0 Å². The van der Waals surface area contributed by atoms with Crippen LogP contribution in [0, 0.1) is 34.0 Å². The van der Waals surface area contributed by atoms with E-state index in [4.69, 9.17) is 28.4 Å². The van der Waals surface area contributed by atoms with Crippen LogP contribution in [-0.2, 0) is 28.5 Å². The minimum atomic E-state index is -0.226. The second-order valence-electron chi connectivity index (χ2n) is 16.5. The van der Waals surface area contributed by atoms with E-state index in [0.29, 0.717) is 45.6 Å². The van der Waals surface area contributed by atoms with Crippen molar-refractivity contribution in [3.63, 3.8) is 0 Å². The highest BCUT2D eigenvalue weighted by molar-refractivity contribution is 5.98. The molecule has 0 fully saturated rings. The van der Waals surface area contributed by atoms with E-state index in [1.54, 1.807) is 28.4 Å². The first-order valence-electron chi connectivity index (χ1n) is 17.6. The van der Waals surface area contributed by atoms with Gasteiger partial charge in [-0.2, -0.15) is 0 Å². The molecule has 0 saturated carbocycles. The summed E-state index contributed by atoms with van der Waals surface area (Å²) in [5.74, 6) is 2.34. The Bertz CT molecular complexity index is 1270. The average molecular weight is 669 g/mol. The Morgan fingerprint density at radius 2 is 1.38 bits per heavy atom. The maximum atomic E-state index is 13.1. The Morgan fingerprint density at radius 3 is 1.94 bits per heavy atom. The van der Waals surface area contributed by atoms with Crippen molar-refractivity contribution >= 4 is 5.78 Å². The van der Waals surface area contributed by atoms with Gasteiger partial charge in [0.15, 0.2) is 5.78 Å². The summed E-state index contributed by atoms with van der Waals surface area (Å²) in [5.41, 5.74) is 4.60. The van der Waals surface area contributed by atoms with Crippen LogP contribution in [0.2, 0.25) is 0 Å². The quantitative estimate of drug-likeness (QED) is 0.154. The summed E-state index contributed by atoms with van der Waals surface area (Å²) in [6.07, 6.45) is 7.03. The van der Waals surface area contributed by atoms with Gasteiger partial charge < -0.3 is 28.4 Å². The second-order valence-corrected chi connectivity index (χ2v) is 16.5. The molecular formula is C41H64O7. The predicted octanol–water partition coefficient (Wildman–Crippen LogP) is 8.59. The number of ether oxygens (including phenoxy) is 6. The molecule has 7 heteroatoms. The first kappa shape index (κ1) is 40.0. The van der Waals surface area contributed by atoms with Gasteiger partial charge >= 0.3 is 0 Å². The van der Waals surface area contributed by atoms with Gasteiger partial charge in [-0.05, 0) is 65.0 Å². The van der Waals surface area contributed by atoms with E-state index in [1.807, 2.05) is 0 Å². The van der Waals surface area contributed by atoms with Crippen LogP contribution < -0.4 is 4.74 Å². The van der Waals surface area contributed by atoms with Crippen LogP contribution in [0.15, 0.2) is 58.9 Å². The summed E-state index contributed by atoms with van der Waals surface area (Å²) >= 11 is 0. The van der Waals surface area contributed by atoms with Gasteiger partial charge in [-0.1, -0.05) is 85.2 Å². The SMILES string of the molecule is COCC1=CC(C(C)(C)C2=CC(COC)=C(OCCOc3ccc(C(CC(C)(C)C)C(C)(C)C)cc3)C(COC)C2)CC(COC)C1=O. The minimum Gasteiger partial charge on any atom is -0.494 e. The number of methoxy groups -OCH3 is 4. The molecule has 4 unspecified atom stereocenters. The van der Waals surface area contributed by atoms with Crippen molar-refractivity contribution in [2.75, 3.05) is 68.1 Å². The van der Waals surface area contributed by atoms with Crippen LogP contribution in [0.1, 0.15) is 86.1 Å². The topological polar surface area (TPSA) is 72.5 Å². The molecule has 0 N–H and O–H groups in total. The number of ketones is 1. The molecule has 0 amide bonds. The maximum absolute atomic E-state index is 13.1. The van der Waals surface area contributed by atoms with Crippen LogP contribution in [0.3, 0.4) is 0 Å². The molecule has 2 aliphatic rings. The molecule has 2 aliphatic carbocycles. The monoisotopic (exact) mass is 668 g/mol. The molecule has 0 bridgehead atoms. The van der Waals surface area contributed by atoms with E-state index in [1.165, 1.54) is 11.1 Å². The van der Waals surface area contributed by atoms with Crippen LogP contribution in [-0.4, -0.2) is 73.9 Å². The van der Waals surface area contributed by atoms with Crippen LogP contribution in [0.25, 0.3) is 0 Å². The number of carbonyl (C=O) groups excluding carboxylic acids is 1. The summed E-state index contributed by atoms with van der Waals surface area (Å²) < 4.78 is 34.9. The van der Waals surface area contributed by atoms with Crippen molar-refractivity contribution in [1.29, 1.82) is 0 Å². The van der Waals surface area contributed by atoms with E-state index in [0.717, 1.165) is 41.9 Å². The summed E-state index contributed by atoms with van der Waals surface area (Å²) in [6.45, 7) is 21.0. The normalized spacial score (nSPS) is 21.6. The van der Waals surface area contributed by atoms with Crippen LogP contribution in [0.4, 0.5) is 0 Å². The number of benzene rings is 1. The molecule has 0 spiro atoms. The molecule has 7 nitrogen and oxygen atoms in total. The molecule has 0 heterocycles. The molecule has 0 radical (unpaired) electrons. The molecule has 3 rings (SSSR count). The number of rotatable bonds is 17. The lowest BCUT2D eigenvalue weighted by Gasteiger charge is -2.42. The molecule has 48 heavy (non-hydrogen) atoms. The fourth-order valence-electron chi connectivity index (χ4n) is 7.30. The maximum Gasteiger partial charge on any atom is 0.166 e. The number of allylic oxidation sites excluding steroid dienone is 2. The fourth-order valence-corrected chi connectivity index (χ4v) is 7.30. The Kier molecular flexibility index (Phi) is 14.6. The lowest BCUT2D eigenvalue weighted by Crippen LogP contribution is -2.37. The second kappa shape index (κ2) is 17.5. The third-order valence-electron chi connectivity index (χ3n) is 9.97. The lowest BCUT2D eigenvalue weighted by molar-refractivity contribution is -0.122. The van der Waals surface area contributed by atoms with Crippen molar-refractivity contribution in [3.8, 4) is 5.75 Å². The van der Waals surface area contributed by atoms with Gasteiger partial charge in [-0.25, -0.2) is 0 Å². The first-order valence-corrected chi connectivity index (χ1v) is 17.6. The summed E-state index contributed by atoms with van der Waals surface area (Å²) in [7, 11) is 6.73. The van der Waals surface area contributed by atoms with Crippen LogP contribution in [0.5, 0.6) is 5.75 Å². The van der Waals surface area contributed by atoms with E-state index < -0.39 is 0 Å². The Hall–Kier alpha value is -2.45. The standard InChI is InChI=1S/C41H64O7/c1-39(2,3)23-36(40(4,5)6)28-13-15-35(16-14-28)47-17-18-48-38-31(26-45-11)21-34(22-32(38)27-46-12)41(7,8)33-19-29(24-43-9)37(42)30(20-33)25-44-10/h13-16,19,21,30,32-33,36H,17-18,20,22-27H2,1-12H3. The van der Waals surface area contributed by atoms with Crippen molar-refractivity contribution in [3.05, 3.63) is 64.5 Å². The number of carbonyl (C=O) groups is 1. The smallest absolute Gasteiger partial charge is 0.166 e. The highest BCUT2D eigenvalue weighted by Crippen LogP contribution is 2.48. The Balaban J connectivity index is 1.78. The molecule has 1 aromatic rings. The number of hydrogen-bond donors (Lipinski definition) is 0. The third-order valence-corrected chi connectivity index (χ3v) is 9.97. The van der Waals surface area contributed by atoms with Crippen molar-refractivity contribution < 1.29 is 33.2 Å². The molecule has 0 aliphatic heterocycles. The van der Waals surface area contributed by atoms with Gasteiger partial charge in [-0.3, -0.25) is 4.79 Å². The van der Waals surface area contributed by atoms with E-state index in [9.17, 15) is 4.79 Å². The van der Waals surface area contributed by atoms with Gasteiger partial charge in [0.2, 0.25) is 0 Å². The zero-order valence-electron chi connectivity index (χ0n) is 32.0. The van der Waals surface area contributed by atoms with Crippen molar-refractivity contribution in [2.45, 2.75) is 80.6 Å². The summed E-state index contributed by atoms with van der Waals surface area (Å²) in [5, 5.41) is 0. The van der Waals surface area contributed by atoms with Gasteiger partial charge in [0.25, 0.3) is 0 Å². The van der Waals surface area contributed by atoms with Crippen LogP contribution >= 0.6 is 0 Å². The highest BCUT2D eigenvalue weighted by Gasteiger charge is 2.41. The molecule has 0 aromatic heterocycles. The first-order chi connectivity index (χ1) is 22.5. The fraction of sp³-hybridized carbons (Fsp3) is 0.683. The Morgan fingerprint density at radius 1 is 0.771 bits per heavy atom. The van der Waals surface area contributed by atoms with Crippen molar-refractivity contribution in [1.82, 2.24) is 0 Å². The average Bonchev–Trinajstić information content (AvgIpc) is 3.00. The zero-order valence-corrected chi connectivity index (χ0v) is 32.0. The lowest BCUT2D eigenvalue weighted by atomic mass is 9.63. The molecule has 0 saturated heterocycles. The largest absolute Gasteiger partial charge is 0.494 e. The molecule has 270 valence electrons. The van der Waals surface area contributed by atoms with Gasteiger partial charge in [0.05, 0.1) is 26.4 Å². The third kappa shape index (κ3) is 10.8. The summed E-state index contributed by atoms with van der Waals surface area (Å²) in [6, 6.07) is 8.60. The number of hydrogen-bond acceptors (Lipinski definition) is 7. The summed E-state index contributed by atoms with van der Waals surface area (Å²) in [4.78, 5) is 13.1. The molecular weight excluding hydrogens is 604 g/mol. The van der Waals surface area contributed by atoms with Gasteiger partial charge in [0.1, 0.15) is 24.7 Å². The molecule has 4 atom stereocenters. The number of Topliss-reactive ketones (excluding diaryl/α,β-unsaturated/α-hetero) is 1. The minimum absolute atomic E-state index is 0.0401. The van der Waals surface area contributed by atoms with E-state index in [2.05, 4.69) is 91.8 Å². The van der Waals surface area contributed by atoms with Gasteiger partial charge in [0, 0.05) is 51.4 Å². The predicted molar refractivity (Wildman–Crippen MR) is 193 cm³/mol.